The molecule has 0 saturated heterocycles. The third-order valence-corrected chi connectivity index (χ3v) is 6.31. The van der Waals surface area contributed by atoms with E-state index in [4.69, 9.17) is 24.4 Å². The molecule has 0 saturated carbocycles. The van der Waals surface area contributed by atoms with Crippen LogP contribution < -0.4 is 21.3 Å². The molecule has 4 N–H and O–H groups in total. The van der Waals surface area contributed by atoms with Gasteiger partial charge in [-0.3, -0.25) is 40.5 Å². The molecule has 12 nitrogen and oxygen atoms in total. The summed E-state index contributed by atoms with van der Waals surface area (Å²) in [6.07, 6.45) is 8.08. The van der Waals surface area contributed by atoms with Gasteiger partial charge in [-0.15, -0.1) is 0 Å². The first-order chi connectivity index (χ1) is 19.2. The van der Waals surface area contributed by atoms with E-state index in [0.717, 1.165) is 51.4 Å². The summed E-state index contributed by atoms with van der Waals surface area (Å²) in [7, 11) is 0. The number of para-hydroxylation sites is 2. The smallest absolute Gasteiger partial charge is 0.282 e. The molecule has 40 heavy (non-hydrogen) atoms. The van der Waals surface area contributed by atoms with Gasteiger partial charge in [-0.2, -0.15) is 0 Å². The zero-order valence-electron chi connectivity index (χ0n) is 21.9. The molecule has 0 radical (unpaired) electrons. The van der Waals surface area contributed by atoms with Crippen molar-refractivity contribution in [3.63, 3.8) is 0 Å². The third kappa shape index (κ3) is 11.4. The highest BCUT2D eigenvalue weighted by Crippen LogP contribution is 2.18. The number of nitro benzene ring substituents is 2. The number of amides is 2. The number of nitrogens with zero attached hydrogens (tertiary/aromatic N) is 2. The molecule has 214 valence electrons. The Bertz CT molecular complexity index is 1130. The molecule has 0 aliphatic heterocycles. The fourth-order valence-electron chi connectivity index (χ4n) is 3.79. The average Bonchev–Trinajstić information content (AvgIpc) is 2.93. The van der Waals surface area contributed by atoms with Crippen LogP contribution >= 0.6 is 24.4 Å². The molecule has 0 heterocycles. The highest BCUT2D eigenvalue weighted by molar-refractivity contribution is 7.80. The van der Waals surface area contributed by atoms with E-state index in [1.54, 1.807) is 12.1 Å². The number of nitrogens with one attached hydrogen (secondary N) is 4. The maximum absolute atomic E-state index is 12.3. The number of thiocarbonyl (C=S) groups is 2. The van der Waals surface area contributed by atoms with Gasteiger partial charge in [-0.25, -0.2) is 0 Å². The van der Waals surface area contributed by atoms with Gasteiger partial charge in [-0.05, 0) is 49.4 Å². The largest absolute Gasteiger partial charge is 0.362 e. The Morgan fingerprint density at radius 1 is 0.600 bits per heavy atom. The first kappa shape index (κ1) is 32.2. The predicted molar refractivity (Wildman–Crippen MR) is 159 cm³/mol. The SMILES string of the molecule is O=C(NC(=S)NCCCCCCCCCCNC(=S)NC(=O)c1ccccc1[N+](=O)[O-])c1ccccc1[N+](=O)[O-]. The molecule has 0 fully saturated rings. The Balaban J connectivity index is 1.47. The van der Waals surface area contributed by atoms with Gasteiger partial charge in [0.2, 0.25) is 0 Å². The topological polar surface area (TPSA) is 169 Å². The van der Waals surface area contributed by atoms with E-state index in [9.17, 15) is 29.8 Å². The molecule has 0 aliphatic carbocycles. The van der Waals surface area contributed by atoms with Crippen LogP contribution in [-0.2, 0) is 0 Å². The van der Waals surface area contributed by atoms with Crippen molar-refractivity contribution < 1.29 is 19.4 Å². The molecule has 14 heteroatoms. The molecule has 0 unspecified atom stereocenters. The highest BCUT2D eigenvalue weighted by Gasteiger charge is 2.20. The lowest BCUT2D eigenvalue weighted by atomic mass is 10.1. The summed E-state index contributed by atoms with van der Waals surface area (Å²) in [5.41, 5.74) is -0.633. The molecular weight excluding hydrogens is 556 g/mol. The predicted octanol–water partition coefficient (Wildman–Crippen LogP) is 4.53. The number of benzene rings is 2. The molecular formula is C26H32N6O6S2. The van der Waals surface area contributed by atoms with Crippen molar-refractivity contribution in [2.75, 3.05) is 13.1 Å². The van der Waals surface area contributed by atoms with E-state index in [0.29, 0.717) is 13.1 Å². The van der Waals surface area contributed by atoms with Gasteiger partial charge >= 0.3 is 0 Å². The molecule has 0 aliphatic rings. The number of rotatable bonds is 15. The summed E-state index contributed by atoms with van der Waals surface area (Å²) in [6.45, 7) is 1.19. The Labute approximate surface area is 242 Å². The second-order valence-electron chi connectivity index (χ2n) is 8.80. The quantitative estimate of drug-likeness (QED) is 0.100. The van der Waals surface area contributed by atoms with Crippen LogP contribution in [0.3, 0.4) is 0 Å². The lowest BCUT2D eigenvalue weighted by molar-refractivity contribution is -0.385. The number of hydrogen-bond acceptors (Lipinski definition) is 8. The van der Waals surface area contributed by atoms with Crippen molar-refractivity contribution in [3.05, 3.63) is 79.9 Å². The lowest BCUT2D eigenvalue weighted by Crippen LogP contribution is -2.39. The van der Waals surface area contributed by atoms with Crippen molar-refractivity contribution in [2.45, 2.75) is 51.4 Å². The first-order valence-electron chi connectivity index (χ1n) is 12.9. The van der Waals surface area contributed by atoms with E-state index in [2.05, 4.69) is 21.3 Å². The minimum atomic E-state index is -0.620. The van der Waals surface area contributed by atoms with E-state index in [-0.39, 0.29) is 32.7 Å². The summed E-state index contributed by atoms with van der Waals surface area (Å²) in [6, 6.07) is 11.4. The zero-order chi connectivity index (χ0) is 29.3. The zero-order valence-corrected chi connectivity index (χ0v) is 23.5. The van der Waals surface area contributed by atoms with Crippen molar-refractivity contribution in [3.8, 4) is 0 Å². The van der Waals surface area contributed by atoms with E-state index in [1.807, 2.05) is 0 Å². The second-order valence-corrected chi connectivity index (χ2v) is 9.61. The van der Waals surface area contributed by atoms with Crippen molar-refractivity contribution in [1.29, 1.82) is 0 Å². The molecule has 0 aromatic heterocycles. The maximum atomic E-state index is 12.3. The molecule has 2 rings (SSSR count). The normalized spacial score (nSPS) is 10.3. The van der Waals surface area contributed by atoms with Crippen LogP contribution in [0.25, 0.3) is 0 Å². The van der Waals surface area contributed by atoms with E-state index >= 15 is 0 Å². The molecule has 2 aromatic rings. The van der Waals surface area contributed by atoms with Crippen LogP contribution in [0.5, 0.6) is 0 Å². The van der Waals surface area contributed by atoms with Gasteiger partial charge < -0.3 is 10.6 Å². The molecule has 2 aromatic carbocycles. The molecule has 0 spiro atoms. The van der Waals surface area contributed by atoms with Crippen molar-refractivity contribution in [2.24, 2.45) is 0 Å². The van der Waals surface area contributed by atoms with Crippen LogP contribution in [0.15, 0.2) is 48.5 Å². The fraction of sp³-hybridized carbons (Fsp3) is 0.385. The van der Waals surface area contributed by atoms with Crippen LogP contribution in [0.4, 0.5) is 11.4 Å². The van der Waals surface area contributed by atoms with Gasteiger partial charge in [0.25, 0.3) is 23.2 Å². The van der Waals surface area contributed by atoms with Crippen LogP contribution in [-0.4, -0.2) is 45.0 Å². The van der Waals surface area contributed by atoms with Crippen molar-refractivity contribution in [1.82, 2.24) is 21.3 Å². The van der Waals surface area contributed by atoms with Gasteiger partial charge in [0.05, 0.1) is 9.85 Å². The lowest BCUT2D eigenvalue weighted by Gasteiger charge is -2.10. The number of unbranched alkanes of at least 4 members (excludes halogenated alkanes) is 7. The standard InChI is InChI=1S/C26H32N6O6S2/c33-23(19-13-7-9-15-21(19)31(35)36)29-25(39)27-17-11-5-3-1-2-4-6-12-18-28-26(40)30-24(34)20-14-8-10-16-22(20)32(37)38/h7-10,13-16H,1-6,11-12,17-18H2,(H2,27,29,33,39)(H2,28,30,34,40). The highest BCUT2D eigenvalue weighted by atomic mass is 32.1. The monoisotopic (exact) mass is 588 g/mol. The Hall–Kier alpha value is -4.04. The summed E-state index contributed by atoms with van der Waals surface area (Å²) < 4.78 is 0. The van der Waals surface area contributed by atoms with E-state index in [1.165, 1.54) is 36.4 Å². The van der Waals surface area contributed by atoms with Crippen molar-refractivity contribution >= 4 is 57.8 Å². The third-order valence-electron chi connectivity index (χ3n) is 5.82. The average molecular weight is 589 g/mol. The van der Waals surface area contributed by atoms with Crippen LogP contribution in [0.1, 0.15) is 72.1 Å². The minimum absolute atomic E-state index is 0.0433. The minimum Gasteiger partial charge on any atom is -0.362 e. The van der Waals surface area contributed by atoms with E-state index < -0.39 is 21.7 Å². The summed E-state index contributed by atoms with van der Waals surface area (Å²) in [4.78, 5) is 45.4. The van der Waals surface area contributed by atoms with Gasteiger partial charge in [0.1, 0.15) is 11.1 Å². The molecule has 2 amide bonds. The second kappa shape index (κ2) is 17.5. The Kier molecular flexibility index (Phi) is 14.1. The summed E-state index contributed by atoms with van der Waals surface area (Å²) >= 11 is 10.2. The summed E-state index contributed by atoms with van der Waals surface area (Å²) in [5.74, 6) is -1.24. The number of hydrogen-bond donors (Lipinski definition) is 4. The van der Waals surface area contributed by atoms with Crippen LogP contribution in [0, 0.1) is 20.2 Å². The maximum Gasteiger partial charge on any atom is 0.282 e. The first-order valence-corrected chi connectivity index (χ1v) is 13.7. The molecule has 0 bridgehead atoms. The molecule has 0 atom stereocenters. The number of carbonyl (C=O) groups is 2. The Morgan fingerprint density at radius 2 is 0.925 bits per heavy atom. The number of nitro groups is 2. The fourth-order valence-corrected chi connectivity index (χ4v) is 4.18. The van der Waals surface area contributed by atoms with Crippen LogP contribution in [0.2, 0.25) is 0 Å². The van der Waals surface area contributed by atoms with Gasteiger partial charge in [0.15, 0.2) is 10.2 Å². The van der Waals surface area contributed by atoms with Gasteiger partial charge in [0, 0.05) is 25.2 Å². The Morgan fingerprint density at radius 3 is 1.27 bits per heavy atom. The summed E-state index contributed by atoms with van der Waals surface area (Å²) in [5, 5.41) is 33.2. The van der Waals surface area contributed by atoms with Gasteiger partial charge in [-0.1, -0.05) is 62.8 Å². The number of carbonyl (C=O) groups excluding carboxylic acids is 2.